The van der Waals surface area contributed by atoms with Crippen molar-refractivity contribution in [2.24, 2.45) is 0 Å². The van der Waals surface area contributed by atoms with Crippen molar-refractivity contribution in [1.29, 1.82) is 0 Å². The molecule has 1 aromatic carbocycles. The first-order valence-electron chi connectivity index (χ1n) is 7.15. The van der Waals surface area contributed by atoms with Crippen LogP contribution < -0.4 is 10.2 Å². The molecular formula is C15H19N3O3. The summed E-state index contributed by atoms with van der Waals surface area (Å²) in [6.07, 6.45) is 1.26. The Kier molecular flexibility index (Phi) is 3.55. The quantitative estimate of drug-likeness (QED) is 0.849. The minimum atomic E-state index is -0.968. The van der Waals surface area contributed by atoms with Crippen LogP contribution in [0.1, 0.15) is 12.0 Å². The van der Waals surface area contributed by atoms with E-state index in [1.807, 2.05) is 25.2 Å². The van der Waals surface area contributed by atoms with Crippen LogP contribution in [0.5, 0.6) is 0 Å². The lowest BCUT2D eigenvalue weighted by molar-refractivity contribution is -0.138. The lowest BCUT2D eigenvalue weighted by Gasteiger charge is -2.25. The predicted molar refractivity (Wildman–Crippen MR) is 78.5 cm³/mol. The van der Waals surface area contributed by atoms with E-state index < -0.39 is 12.0 Å². The summed E-state index contributed by atoms with van der Waals surface area (Å²) in [4.78, 5) is 27.5. The number of urea groups is 1. The molecule has 2 amide bonds. The molecule has 1 aromatic rings. The molecule has 0 spiro atoms. The molecule has 2 aliphatic rings. The molecular weight excluding hydrogens is 270 g/mol. The average molecular weight is 289 g/mol. The largest absolute Gasteiger partial charge is 0.480 e. The number of aliphatic carboxylic acids is 1. The highest BCUT2D eigenvalue weighted by Gasteiger charge is 2.39. The van der Waals surface area contributed by atoms with Gasteiger partial charge in [0, 0.05) is 24.7 Å². The first-order chi connectivity index (χ1) is 10.1. The molecule has 2 unspecified atom stereocenters. The van der Waals surface area contributed by atoms with E-state index in [1.54, 1.807) is 6.07 Å². The number of rotatable bonds is 2. The zero-order chi connectivity index (χ0) is 15.0. The van der Waals surface area contributed by atoms with Gasteiger partial charge in [-0.1, -0.05) is 18.2 Å². The molecule has 6 nitrogen and oxygen atoms in total. The summed E-state index contributed by atoms with van der Waals surface area (Å²) < 4.78 is 0. The van der Waals surface area contributed by atoms with Gasteiger partial charge in [0.2, 0.25) is 0 Å². The molecule has 2 N–H and O–H groups in total. The highest BCUT2D eigenvalue weighted by atomic mass is 16.4. The smallest absolute Gasteiger partial charge is 0.327 e. The van der Waals surface area contributed by atoms with Gasteiger partial charge in [-0.15, -0.1) is 0 Å². The van der Waals surface area contributed by atoms with E-state index in [4.69, 9.17) is 0 Å². The van der Waals surface area contributed by atoms with Crippen molar-refractivity contribution in [3.05, 3.63) is 29.8 Å². The van der Waals surface area contributed by atoms with Crippen LogP contribution in [0.2, 0.25) is 0 Å². The Balaban J connectivity index is 1.80. The number of nitrogens with one attached hydrogen (secondary N) is 1. The third-order valence-electron chi connectivity index (χ3n) is 4.20. The summed E-state index contributed by atoms with van der Waals surface area (Å²) in [6, 6.07) is 6.33. The lowest BCUT2D eigenvalue weighted by Crippen LogP contribution is -2.51. The fourth-order valence-electron chi connectivity index (χ4n) is 3.13. The van der Waals surface area contributed by atoms with Crippen LogP contribution >= 0.6 is 0 Å². The first-order valence-corrected chi connectivity index (χ1v) is 7.15. The maximum absolute atomic E-state index is 12.5. The molecule has 21 heavy (non-hydrogen) atoms. The Morgan fingerprint density at radius 1 is 1.33 bits per heavy atom. The highest BCUT2D eigenvalue weighted by Crippen LogP contribution is 2.32. The van der Waals surface area contributed by atoms with Crippen LogP contribution in [0.3, 0.4) is 0 Å². The maximum Gasteiger partial charge on any atom is 0.327 e. The molecule has 2 heterocycles. The SMILES string of the molecule is CN1CCC(NC(=O)N2c3ccccc3CC2C(=O)O)C1. The molecule has 1 fully saturated rings. The van der Waals surface area contributed by atoms with Crippen molar-refractivity contribution in [2.45, 2.75) is 24.9 Å². The third-order valence-corrected chi connectivity index (χ3v) is 4.20. The Hall–Kier alpha value is -2.08. The van der Waals surface area contributed by atoms with Gasteiger partial charge in [-0.3, -0.25) is 4.90 Å². The number of anilines is 1. The molecule has 0 saturated carbocycles. The molecule has 112 valence electrons. The number of fused-ring (bicyclic) bond motifs is 1. The van der Waals surface area contributed by atoms with E-state index in [0.29, 0.717) is 12.1 Å². The molecule has 0 aromatic heterocycles. The summed E-state index contributed by atoms with van der Waals surface area (Å²) >= 11 is 0. The number of hydrogen-bond donors (Lipinski definition) is 2. The summed E-state index contributed by atoms with van der Waals surface area (Å²) in [7, 11) is 2.01. The van der Waals surface area contributed by atoms with Crippen molar-refractivity contribution in [1.82, 2.24) is 10.2 Å². The number of carbonyl (C=O) groups is 2. The Bertz CT molecular complexity index is 575. The van der Waals surface area contributed by atoms with Crippen molar-refractivity contribution in [3.63, 3.8) is 0 Å². The topological polar surface area (TPSA) is 72.9 Å². The average Bonchev–Trinajstić information content (AvgIpc) is 3.02. The van der Waals surface area contributed by atoms with E-state index in [0.717, 1.165) is 25.1 Å². The van der Waals surface area contributed by atoms with E-state index in [9.17, 15) is 14.7 Å². The number of carboxylic acids is 1. The fraction of sp³-hybridized carbons (Fsp3) is 0.467. The van der Waals surface area contributed by atoms with Gasteiger partial charge < -0.3 is 15.3 Å². The van der Waals surface area contributed by atoms with Crippen LogP contribution in [0, 0.1) is 0 Å². The monoisotopic (exact) mass is 289 g/mol. The van der Waals surface area contributed by atoms with Gasteiger partial charge in [-0.2, -0.15) is 0 Å². The minimum Gasteiger partial charge on any atom is -0.480 e. The maximum atomic E-state index is 12.5. The molecule has 6 heteroatoms. The number of likely N-dealkylation sites (tertiary alicyclic amines) is 1. The minimum absolute atomic E-state index is 0.0877. The number of likely N-dealkylation sites (N-methyl/N-ethyl adjacent to an activating group) is 1. The van der Waals surface area contributed by atoms with Gasteiger partial charge in [-0.25, -0.2) is 9.59 Å². The van der Waals surface area contributed by atoms with Crippen LogP contribution in [0.4, 0.5) is 10.5 Å². The zero-order valence-electron chi connectivity index (χ0n) is 12.0. The van der Waals surface area contributed by atoms with E-state index in [2.05, 4.69) is 10.2 Å². The van der Waals surface area contributed by atoms with Gasteiger partial charge >= 0.3 is 12.0 Å². The van der Waals surface area contributed by atoms with Crippen molar-refractivity contribution >= 4 is 17.7 Å². The summed E-state index contributed by atoms with van der Waals surface area (Å²) in [5.74, 6) is -0.968. The van der Waals surface area contributed by atoms with E-state index in [1.165, 1.54) is 4.90 Å². The van der Waals surface area contributed by atoms with Gasteiger partial charge in [0.25, 0.3) is 0 Å². The molecule has 3 rings (SSSR count). The predicted octanol–water partition coefficient (Wildman–Crippen LogP) is 0.916. The molecule has 2 atom stereocenters. The van der Waals surface area contributed by atoms with Gasteiger partial charge in [0.15, 0.2) is 0 Å². The summed E-state index contributed by atoms with van der Waals surface area (Å²) in [6.45, 7) is 1.75. The van der Waals surface area contributed by atoms with Crippen LogP contribution in [0.25, 0.3) is 0 Å². The van der Waals surface area contributed by atoms with Crippen molar-refractivity contribution in [3.8, 4) is 0 Å². The third kappa shape index (κ3) is 2.58. The molecule has 0 bridgehead atoms. The molecule has 2 aliphatic heterocycles. The van der Waals surface area contributed by atoms with Crippen LogP contribution in [-0.4, -0.2) is 54.2 Å². The number of benzene rings is 1. The number of para-hydroxylation sites is 1. The summed E-state index contributed by atoms with van der Waals surface area (Å²) in [5.41, 5.74) is 1.61. The zero-order valence-corrected chi connectivity index (χ0v) is 12.0. The Labute approximate surface area is 123 Å². The van der Waals surface area contributed by atoms with E-state index >= 15 is 0 Å². The fourth-order valence-corrected chi connectivity index (χ4v) is 3.13. The van der Waals surface area contributed by atoms with Crippen LogP contribution in [-0.2, 0) is 11.2 Å². The van der Waals surface area contributed by atoms with Crippen molar-refractivity contribution < 1.29 is 14.7 Å². The van der Waals surface area contributed by atoms with Gasteiger partial charge in [0.1, 0.15) is 6.04 Å². The van der Waals surface area contributed by atoms with E-state index in [-0.39, 0.29) is 12.1 Å². The highest BCUT2D eigenvalue weighted by molar-refractivity contribution is 6.01. The van der Waals surface area contributed by atoms with Crippen LogP contribution in [0.15, 0.2) is 24.3 Å². The van der Waals surface area contributed by atoms with Gasteiger partial charge in [-0.05, 0) is 31.6 Å². The summed E-state index contributed by atoms with van der Waals surface area (Å²) in [5, 5.41) is 12.3. The molecule has 0 radical (unpaired) electrons. The number of hydrogen-bond acceptors (Lipinski definition) is 3. The number of nitrogens with zero attached hydrogens (tertiary/aromatic N) is 2. The molecule has 0 aliphatic carbocycles. The first kappa shape index (κ1) is 13.9. The second kappa shape index (κ2) is 5.37. The second-order valence-corrected chi connectivity index (χ2v) is 5.75. The second-order valence-electron chi connectivity index (χ2n) is 5.75. The number of carbonyl (C=O) groups excluding carboxylic acids is 1. The van der Waals surface area contributed by atoms with Gasteiger partial charge in [0.05, 0.1) is 0 Å². The lowest BCUT2D eigenvalue weighted by atomic mass is 10.1. The van der Waals surface area contributed by atoms with Crippen molar-refractivity contribution in [2.75, 3.05) is 25.0 Å². The normalized spacial score (nSPS) is 24.9. The Morgan fingerprint density at radius 3 is 2.76 bits per heavy atom. The Morgan fingerprint density at radius 2 is 2.10 bits per heavy atom. The number of amides is 2. The standard InChI is InChI=1S/C15H19N3O3/c1-17-7-6-11(9-17)16-15(21)18-12-5-3-2-4-10(12)8-13(18)14(19)20/h2-5,11,13H,6-9H2,1H3,(H,16,21)(H,19,20). The number of carboxylic acid groups (broad SMARTS) is 1. The molecule has 1 saturated heterocycles.